The summed E-state index contributed by atoms with van der Waals surface area (Å²) in [6, 6.07) is 13.7. The minimum Gasteiger partial charge on any atom is -0.372 e. The van der Waals surface area contributed by atoms with Gasteiger partial charge in [-0.05, 0) is 68.7 Å². The highest BCUT2D eigenvalue weighted by atomic mass is 16.2. The molecule has 0 aliphatic heterocycles. The highest BCUT2D eigenvalue weighted by molar-refractivity contribution is 5.93. The number of hydrogen-bond acceptors (Lipinski definition) is 4. The number of hydrogen-bond donors (Lipinski definition) is 2. The molecule has 0 heterocycles. The maximum absolute atomic E-state index is 12.0. The Morgan fingerprint density at radius 1 is 0.931 bits per heavy atom. The second kappa shape index (κ2) is 11.0. The third-order valence-electron chi connectivity index (χ3n) is 4.79. The fourth-order valence-electron chi connectivity index (χ4n) is 2.86. The standard InChI is InChI=1S/C23H30N4O2/c1-5-27(6-2)21-11-8-19(9-12-21)16-24-26-23(29)14-13-22(28)25-20-10-7-17(3)18(4)15-20/h7-12,15-16H,5-6,13-14H2,1-4H3,(H,25,28)(H,26,29)/b24-16+. The highest BCUT2D eigenvalue weighted by Crippen LogP contribution is 2.15. The zero-order valence-electron chi connectivity index (χ0n) is 17.7. The topological polar surface area (TPSA) is 73.8 Å². The van der Waals surface area contributed by atoms with E-state index in [0.29, 0.717) is 0 Å². The van der Waals surface area contributed by atoms with Gasteiger partial charge in [-0.1, -0.05) is 18.2 Å². The molecule has 29 heavy (non-hydrogen) atoms. The lowest BCUT2D eigenvalue weighted by Gasteiger charge is -2.20. The summed E-state index contributed by atoms with van der Waals surface area (Å²) in [6.45, 7) is 10.2. The number of nitrogens with zero attached hydrogens (tertiary/aromatic N) is 2. The average molecular weight is 395 g/mol. The summed E-state index contributed by atoms with van der Waals surface area (Å²) < 4.78 is 0. The Labute approximate surface area is 173 Å². The summed E-state index contributed by atoms with van der Waals surface area (Å²) in [5, 5.41) is 6.78. The van der Waals surface area contributed by atoms with Crippen LogP contribution in [-0.4, -0.2) is 31.1 Å². The van der Waals surface area contributed by atoms with Gasteiger partial charge in [-0.15, -0.1) is 0 Å². The highest BCUT2D eigenvalue weighted by Gasteiger charge is 2.07. The Balaban J connectivity index is 1.76. The van der Waals surface area contributed by atoms with Crippen molar-refractivity contribution in [1.29, 1.82) is 0 Å². The summed E-state index contributed by atoms with van der Waals surface area (Å²) in [5.41, 5.74) is 7.54. The molecule has 0 bridgehead atoms. The Kier molecular flexibility index (Phi) is 8.40. The van der Waals surface area contributed by atoms with Crippen LogP contribution in [0, 0.1) is 13.8 Å². The molecule has 2 aromatic carbocycles. The summed E-state index contributed by atoms with van der Waals surface area (Å²) in [7, 11) is 0. The van der Waals surface area contributed by atoms with E-state index in [4.69, 9.17) is 0 Å². The molecule has 6 nitrogen and oxygen atoms in total. The monoisotopic (exact) mass is 394 g/mol. The fourth-order valence-corrected chi connectivity index (χ4v) is 2.86. The van der Waals surface area contributed by atoms with Crippen LogP contribution in [0.15, 0.2) is 47.6 Å². The van der Waals surface area contributed by atoms with Crippen LogP contribution in [0.2, 0.25) is 0 Å². The molecule has 2 rings (SSSR count). The van der Waals surface area contributed by atoms with Gasteiger partial charge in [-0.2, -0.15) is 5.10 Å². The molecule has 0 unspecified atom stereocenters. The quantitative estimate of drug-likeness (QED) is 0.498. The third-order valence-corrected chi connectivity index (χ3v) is 4.79. The van der Waals surface area contributed by atoms with Crippen LogP contribution in [0.5, 0.6) is 0 Å². The smallest absolute Gasteiger partial charge is 0.240 e. The molecular weight excluding hydrogens is 364 g/mol. The van der Waals surface area contributed by atoms with Gasteiger partial charge >= 0.3 is 0 Å². The van der Waals surface area contributed by atoms with E-state index in [2.05, 4.69) is 34.6 Å². The molecule has 0 atom stereocenters. The molecule has 0 aliphatic rings. The van der Waals surface area contributed by atoms with Crippen LogP contribution >= 0.6 is 0 Å². The average Bonchev–Trinajstić information content (AvgIpc) is 2.71. The van der Waals surface area contributed by atoms with Gasteiger partial charge in [0, 0.05) is 37.3 Å². The van der Waals surface area contributed by atoms with Crippen molar-refractivity contribution in [3.8, 4) is 0 Å². The van der Waals surface area contributed by atoms with Crippen molar-refractivity contribution in [3.05, 3.63) is 59.2 Å². The van der Waals surface area contributed by atoms with Gasteiger partial charge in [0.25, 0.3) is 0 Å². The summed E-state index contributed by atoms with van der Waals surface area (Å²) in [5.74, 6) is -0.490. The molecular formula is C23H30N4O2. The van der Waals surface area contributed by atoms with Crippen LogP contribution in [0.25, 0.3) is 0 Å². The van der Waals surface area contributed by atoms with Gasteiger partial charge in [0.2, 0.25) is 11.8 Å². The van der Waals surface area contributed by atoms with Crippen molar-refractivity contribution in [2.45, 2.75) is 40.5 Å². The van der Waals surface area contributed by atoms with Crippen molar-refractivity contribution in [2.75, 3.05) is 23.3 Å². The van der Waals surface area contributed by atoms with Crippen LogP contribution in [-0.2, 0) is 9.59 Å². The number of aryl methyl sites for hydroxylation is 2. The second-order valence-electron chi connectivity index (χ2n) is 6.90. The van der Waals surface area contributed by atoms with Crippen LogP contribution < -0.4 is 15.6 Å². The summed E-state index contributed by atoms with van der Waals surface area (Å²) in [6.07, 6.45) is 1.78. The van der Waals surface area contributed by atoms with E-state index in [-0.39, 0.29) is 24.7 Å². The van der Waals surface area contributed by atoms with Gasteiger partial charge < -0.3 is 10.2 Å². The van der Waals surface area contributed by atoms with E-state index in [1.807, 2.05) is 56.3 Å². The number of carbonyl (C=O) groups excluding carboxylic acids is 2. The van der Waals surface area contributed by atoms with E-state index in [1.165, 1.54) is 5.56 Å². The molecule has 6 heteroatoms. The van der Waals surface area contributed by atoms with Gasteiger partial charge in [0.05, 0.1) is 6.21 Å². The molecule has 0 aliphatic carbocycles. The molecule has 0 saturated heterocycles. The van der Waals surface area contributed by atoms with Gasteiger partial charge in [0.1, 0.15) is 0 Å². The second-order valence-corrected chi connectivity index (χ2v) is 6.90. The lowest BCUT2D eigenvalue weighted by atomic mass is 10.1. The minimum absolute atomic E-state index is 0.0783. The van der Waals surface area contributed by atoms with Gasteiger partial charge in [0.15, 0.2) is 0 Å². The van der Waals surface area contributed by atoms with E-state index in [0.717, 1.165) is 35.6 Å². The molecule has 2 aromatic rings. The van der Waals surface area contributed by atoms with E-state index >= 15 is 0 Å². The third kappa shape index (κ3) is 7.07. The molecule has 0 saturated carbocycles. The molecule has 0 spiro atoms. The Morgan fingerprint density at radius 3 is 2.21 bits per heavy atom. The number of carbonyl (C=O) groups is 2. The lowest BCUT2D eigenvalue weighted by Crippen LogP contribution is -2.21. The van der Waals surface area contributed by atoms with E-state index in [1.54, 1.807) is 6.21 Å². The first kappa shape index (κ1) is 22.1. The molecule has 154 valence electrons. The van der Waals surface area contributed by atoms with E-state index < -0.39 is 0 Å². The van der Waals surface area contributed by atoms with Crippen molar-refractivity contribution in [3.63, 3.8) is 0 Å². The Hall–Kier alpha value is -3.15. The molecule has 0 fully saturated rings. The normalized spacial score (nSPS) is 10.8. The first-order valence-electron chi connectivity index (χ1n) is 9.97. The lowest BCUT2D eigenvalue weighted by molar-refractivity contribution is -0.124. The maximum atomic E-state index is 12.0. The number of nitrogens with one attached hydrogen (secondary N) is 2. The number of benzene rings is 2. The molecule has 0 aromatic heterocycles. The predicted molar refractivity (Wildman–Crippen MR) is 120 cm³/mol. The van der Waals surface area contributed by atoms with Gasteiger partial charge in [-0.25, -0.2) is 5.43 Å². The number of anilines is 2. The van der Waals surface area contributed by atoms with Crippen molar-refractivity contribution < 1.29 is 9.59 Å². The molecule has 0 radical (unpaired) electrons. The van der Waals surface area contributed by atoms with Crippen molar-refractivity contribution >= 4 is 29.4 Å². The molecule has 2 amide bonds. The summed E-state index contributed by atoms with van der Waals surface area (Å²) >= 11 is 0. The minimum atomic E-state index is -0.295. The fraction of sp³-hybridized carbons (Fsp3) is 0.348. The molecule has 2 N–H and O–H groups in total. The van der Waals surface area contributed by atoms with E-state index in [9.17, 15) is 9.59 Å². The SMILES string of the molecule is CCN(CC)c1ccc(/C=N/NC(=O)CCC(=O)Nc2ccc(C)c(C)c2)cc1. The first-order valence-corrected chi connectivity index (χ1v) is 9.97. The Bertz CT molecular complexity index is 856. The predicted octanol–water partition coefficient (Wildman–Crippen LogP) is 4.02. The Morgan fingerprint density at radius 2 is 1.59 bits per heavy atom. The first-order chi connectivity index (χ1) is 13.9. The summed E-state index contributed by atoms with van der Waals surface area (Å²) in [4.78, 5) is 26.2. The van der Waals surface area contributed by atoms with Gasteiger partial charge in [-0.3, -0.25) is 9.59 Å². The van der Waals surface area contributed by atoms with Crippen LogP contribution in [0.1, 0.15) is 43.4 Å². The van der Waals surface area contributed by atoms with Crippen LogP contribution in [0.4, 0.5) is 11.4 Å². The zero-order chi connectivity index (χ0) is 21.2. The number of amides is 2. The van der Waals surface area contributed by atoms with Crippen molar-refractivity contribution in [2.24, 2.45) is 5.10 Å². The number of hydrazone groups is 1. The van der Waals surface area contributed by atoms with Crippen molar-refractivity contribution in [1.82, 2.24) is 5.43 Å². The maximum Gasteiger partial charge on any atom is 0.240 e. The zero-order valence-corrected chi connectivity index (χ0v) is 17.7. The van der Waals surface area contributed by atoms with Crippen LogP contribution in [0.3, 0.4) is 0 Å². The number of rotatable bonds is 9. The largest absolute Gasteiger partial charge is 0.372 e.